The fourth-order valence-electron chi connectivity index (χ4n) is 5.11. The van der Waals surface area contributed by atoms with Gasteiger partial charge in [0.2, 0.25) is 0 Å². The first kappa shape index (κ1) is 33.3. The Morgan fingerprint density at radius 2 is 1.68 bits per heavy atom. The van der Waals surface area contributed by atoms with E-state index in [1.54, 1.807) is 18.7 Å². The number of anilines is 1. The van der Waals surface area contributed by atoms with Gasteiger partial charge >= 0.3 is 12.1 Å². The normalized spacial score (nSPS) is 12.5. The molecule has 0 fully saturated rings. The maximum Gasteiger partial charge on any atom is 0.411 e. The zero-order chi connectivity index (χ0) is 31.3. The molecule has 2 unspecified atom stereocenters. The fraction of sp³-hybridized carbons (Fsp3) is 0.361. The second kappa shape index (κ2) is 17.1. The first-order valence-electron chi connectivity index (χ1n) is 15.3. The Hall–Kier alpha value is -3.55. The molecule has 44 heavy (non-hydrogen) atoms. The summed E-state index contributed by atoms with van der Waals surface area (Å²) in [6, 6.07) is 26.5. The van der Waals surface area contributed by atoms with Gasteiger partial charge in [-0.1, -0.05) is 73.1 Å². The molecule has 6 nitrogen and oxygen atoms in total. The summed E-state index contributed by atoms with van der Waals surface area (Å²) in [5.41, 5.74) is 6.20. The number of benzene rings is 3. The van der Waals surface area contributed by atoms with Crippen LogP contribution >= 0.6 is 23.4 Å². The van der Waals surface area contributed by atoms with Gasteiger partial charge in [0.25, 0.3) is 0 Å². The molecular weight excluding hydrogens is 592 g/mol. The van der Waals surface area contributed by atoms with E-state index in [1.165, 1.54) is 11.1 Å². The van der Waals surface area contributed by atoms with Gasteiger partial charge < -0.3 is 9.47 Å². The monoisotopic (exact) mass is 632 g/mol. The van der Waals surface area contributed by atoms with Gasteiger partial charge in [-0.3, -0.25) is 15.1 Å². The molecule has 0 aliphatic rings. The lowest BCUT2D eigenvalue weighted by atomic mass is 9.99. The number of aromatic nitrogens is 1. The highest BCUT2D eigenvalue weighted by Crippen LogP contribution is 2.36. The van der Waals surface area contributed by atoms with Gasteiger partial charge in [0, 0.05) is 32.8 Å². The standard InChI is InChI=1S/C36H41ClN2O4S/c1-4-26(35(40)42-5-2)24-44-34(21-17-27-11-7-8-13-32(27)39-36(41)43-6-3)29-12-9-10-25(22-29)14-19-31-20-16-28-15-18-30(37)23-33(28)38-31/h7-13,15-16,18,20,22-23,26,34H,4-6,14,17,19,21,24H2,1-3H3,(H,39,41). The highest BCUT2D eigenvalue weighted by molar-refractivity contribution is 7.99. The maximum atomic E-state index is 12.6. The van der Waals surface area contributed by atoms with Crippen LogP contribution < -0.4 is 5.32 Å². The third-order valence-electron chi connectivity index (χ3n) is 7.52. The topological polar surface area (TPSA) is 77.5 Å². The molecule has 0 spiro atoms. The molecule has 1 heterocycles. The quantitative estimate of drug-likeness (QED) is 0.132. The van der Waals surface area contributed by atoms with Crippen molar-refractivity contribution in [3.8, 4) is 0 Å². The number of fused-ring (bicyclic) bond motifs is 1. The number of nitrogens with one attached hydrogen (secondary N) is 1. The van der Waals surface area contributed by atoms with Crippen molar-refractivity contribution in [3.63, 3.8) is 0 Å². The number of amides is 1. The zero-order valence-corrected chi connectivity index (χ0v) is 27.3. The third kappa shape index (κ3) is 9.73. The predicted octanol–water partition coefficient (Wildman–Crippen LogP) is 9.24. The Bertz CT molecular complexity index is 1550. The summed E-state index contributed by atoms with van der Waals surface area (Å²) in [5.74, 6) is 0.385. The molecule has 0 radical (unpaired) electrons. The Balaban J connectivity index is 1.51. The molecule has 4 aromatic rings. The molecule has 0 aliphatic carbocycles. The highest BCUT2D eigenvalue weighted by atomic mass is 35.5. The Kier molecular flexibility index (Phi) is 12.9. The van der Waals surface area contributed by atoms with Crippen molar-refractivity contribution in [2.45, 2.75) is 58.1 Å². The second-order valence-corrected chi connectivity index (χ2v) is 12.3. The molecule has 232 valence electrons. The van der Waals surface area contributed by atoms with E-state index in [0.29, 0.717) is 24.0 Å². The van der Waals surface area contributed by atoms with Crippen LogP contribution in [0.5, 0.6) is 0 Å². The summed E-state index contributed by atoms with van der Waals surface area (Å²) in [4.78, 5) is 29.5. The van der Waals surface area contributed by atoms with Crippen molar-refractivity contribution in [2.24, 2.45) is 5.92 Å². The highest BCUT2D eigenvalue weighted by Gasteiger charge is 2.22. The van der Waals surface area contributed by atoms with Crippen LogP contribution in [0.3, 0.4) is 0 Å². The lowest BCUT2D eigenvalue weighted by Crippen LogP contribution is -2.20. The van der Waals surface area contributed by atoms with E-state index < -0.39 is 6.09 Å². The van der Waals surface area contributed by atoms with Gasteiger partial charge in [0.05, 0.1) is 24.6 Å². The van der Waals surface area contributed by atoms with Crippen molar-refractivity contribution in [1.29, 1.82) is 0 Å². The number of thioether (sulfide) groups is 1. The molecule has 3 aromatic carbocycles. The summed E-state index contributed by atoms with van der Waals surface area (Å²) >= 11 is 7.99. The number of rotatable bonds is 15. The Morgan fingerprint density at radius 3 is 2.48 bits per heavy atom. The maximum absolute atomic E-state index is 12.6. The van der Waals surface area contributed by atoms with Gasteiger partial charge in [-0.2, -0.15) is 11.8 Å². The number of ether oxygens (including phenoxy) is 2. The van der Waals surface area contributed by atoms with E-state index >= 15 is 0 Å². The minimum Gasteiger partial charge on any atom is -0.466 e. The minimum atomic E-state index is -0.456. The van der Waals surface area contributed by atoms with Gasteiger partial charge in [0.15, 0.2) is 0 Å². The van der Waals surface area contributed by atoms with Gasteiger partial charge in [0.1, 0.15) is 0 Å². The first-order chi connectivity index (χ1) is 21.4. The lowest BCUT2D eigenvalue weighted by Gasteiger charge is -2.21. The molecule has 1 aromatic heterocycles. The number of pyridine rings is 1. The van der Waals surface area contributed by atoms with E-state index in [-0.39, 0.29) is 17.1 Å². The number of para-hydroxylation sites is 1. The SMILES string of the molecule is CCOC(=O)Nc1ccccc1CCC(SCC(CC)C(=O)OCC)c1cccc(CCc2ccc3ccc(Cl)cc3n2)c1. The summed E-state index contributed by atoms with van der Waals surface area (Å²) in [5, 5.41) is 4.79. The van der Waals surface area contributed by atoms with Crippen molar-refractivity contribution < 1.29 is 19.1 Å². The van der Waals surface area contributed by atoms with Crippen LogP contribution in [0, 0.1) is 5.92 Å². The van der Waals surface area contributed by atoms with Crippen LogP contribution in [0.4, 0.5) is 10.5 Å². The van der Waals surface area contributed by atoms with Crippen molar-refractivity contribution in [2.75, 3.05) is 24.3 Å². The van der Waals surface area contributed by atoms with E-state index in [0.717, 1.165) is 60.0 Å². The molecule has 2 atom stereocenters. The Morgan fingerprint density at radius 1 is 0.886 bits per heavy atom. The van der Waals surface area contributed by atoms with Gasteiger partial charge in [-0.15, -0.1) is 0 Å². The summed E-state index contributed by atoms with van der Waals surface area (Å²) in [6.45, 7) is 6.36. The summed E-state index contributed by atoms with van der Waals surface area (Å²) < 4.78 is 10.4. The van der Waals surface area contributed by atoms with Crippen LogP contribution in [0.1, 0.15) is 61.2 Å². The lowest BCUT2D eigenvalue weighted by molar-refractivity contribution is -0.147. The van der Waals surface area contributed by atoms with Gasteiger partial charge in [-0.05, 0) is 86.9 Å². The predicted molar refractivity (Wildman–Crippen MR) is 182 cm³/mol. The first-order valence-corrected chi connectivity index (χ1v) is 16.8. The van der Waals surface area contributed by atoms with Crippen molar-refractivity contribution >= 4 is 52.0 Å². The smallest absolute Gasteiger partial charge is 0.411 e. The number of nitrogens with zero attached hydrogens (tertiary/aromatic N) is 1. The van der Waals surface area contributed by atoms with Crippen LogP contribution in [-0.2, 0) is 33.5 Å². The summed E-state index contributed by atoms with van der Waals surface area (Å²) in [6.07, 6.45) is 3.54. The molecule has 0 bridgehead atoms. The molecule has 8 heteroatoms. The molecule has 1 N–H and O–H groups in total. The van der Waals surface area contributed by atoms with Crippen LogP contribution in [0.15, 0.2) is 78.9 Å². The minimum absolute atomic E-state index is 0.136. The molecule has 0 saturated heterocycles. The Labute approximate surface area is 269 Å². The van der Waals surface area contributed by atoms with Crippen LogP contribution in [-0.4, -0.2) is 36.0 Å². The number of hydrogen-bond donors (Lipinski definition) is 1. The fourth-order valence-corrected chi connectivity index (χ4v) is 6.73. The van der Waals surface area contributed by atoms with E-state index in [2.05, 4.69) is 41.7 Å². The van der Waals surface area contributed by atoms with Crippen molar-refractivity contribution in [3.05, 3.63) is 106 Å². The molecular formula is C36H41ClN2O4S. The third-order valence-corrected chi connectivity index (χ3v) is 9.26. The van der Waals surface area contributed by atoms with Crippen LogP contribution in [0.2, 0.25) is 5.02 Å². The summed E-state index contributed by atoms with van der Waals surface area (Å²) in [7, 11) is 0. The number of halogens is 1. The molecule has 4 rings (SSSR count). The number of carbonyl (C=O) groups excluding carboxylic acids is 2. The number of hydrogen-bond acceptors (Lipinski definition) is 6. The number of aryl methyl sites for hydroxylation is 3. The number of carbonyl (C=O) groups is 2. The molecule has 0 saturated carbocycles. The zero-order valence-electron chi connectivity index (χ0n) is 25.7. The van der Waals surface area contributed by atoms with Gasteiger partial charge in [-0.25, -0.2) is 4.79 Å². The second-order valence-electron chi connectivity index (χ2n) is 10.6. The van der Waals surface area contributed by atoms with Crippen molar-refractivity contribution in [1.82, 2.24) is 4.98 Å². The average Bonchev–Trinajstić information content (AvgIpc) is 3.02. The van der Waals surface area contributed by atoms with E-state index in [4.69, 9.17) is 26.1 Å². The van der Waals surface area contributed by atoms with E-state index in [9.17, 15) is 9.59 Å². The molecule has 1 amide bonds. The number of esters is 1. The van der Waals surface area contributed by atoms with Crippen LogP contribution in [0.25, 0.3) is 10.9 Å². The average molecular weight is 633 g/mol. The molecule has 0 aliphatic heterocycles. The van der Waals surface area contributed by atoms with E-state index in [1.807, 2.05) is 56.3 Å². The largest absolute Gasteiger partial charge is 0.466 e.